The summed E-state index contributed by atoms with van der Waals surface area (Å²) in [6.07, 6.45) is 4.14. The van der Waals surface area contributed by atoms with Crippen LogP contribution in [0.2, 0.25) is 0 Å². The maximum Gasteiger partial charge on any atom is 0.241 e. The van der Waals surface area contributed by atoms with Gasteiger partial charge in [0, 0.05) is 35.9 Å². The van der Waals surface area contributed by atoms with E-state index in [2.05, 4.69) is 58.3 Å². The Kier molecular flexibility index (Phi) is 7.29. The van der Waals surface area contributed by atoms with Crippen LogP contribution in [0.1, 0.15) is 26.7 Å². The Morgan fingerprint density at radius 2 is 2.12 bits per heavy atom. The average Bonchev–Trinajstić information content (AvgIpc) is 3.25. The minimum absolute atomic E-state index is 0. The highest BCUT2D eigenvalue weighted by Gasteiger charge is 2.21. The number of rotatable bonds is 7. The first-order chi connectivity index (χ1) is 11.7. The standard InChI is InChI=1S/C19H28N4O.ClH/c1-3-22(4-2)12-13-23-11-9-15-14-16(7-8-18(15)23)21-19(24)17-6-5-10-20-17;/h7-9,11,14,17,20H,3-6,10,12-13H2,1-2H3,(H,21,24);1H. The largest absolute Gasteiger partial charge is 0.346 e. The van der Waals surface area contributed by atoms with Crippen molar-refractivity contribution >= 4 is 34.9 Å². The van der Waals surface area contributed by atoms with E-state index in [9.17, 15) is 4.79 Å². The molecule has 5 nitrogen and oxygen atoms in total. The number of nitrogens with zero attached hydrogens (tertiary/aromatic N) is 2. The Morgan fingerprint density at radius 1 is 1.32 bits per heavy atom. The predicted octanol–water partition coefficient (Wildman–Crippen LogP) is 3.10. The van der Waals surface area contributed by atoms with Crippen LogP contribution in [-0.2, 0) is 11.3 Å². The van der Waals surface area contributed by atoms with Crippen LogP contribution in [0.5, 0.6) is 0 Å². The lowest BCUT2D eigenvalue weighted by Gasteiger charge is -2.18. The second-order valence-corrected chi connectivity index (χ2v) is 6.45. The fraction of sp³-hybridized carbons (Fsp3) is 0.526. The van der Waals surface area contributed by atoms with E-state index in [1.54, 1.807) is 0 Å². The summed E-state index contributed by atoms with van der Waals surface area (Å²) in [7, 11) is 0. The zero-order valence-corrected chi connectivity index (χ0v) is 15.9. The van der Waals surface area contributed by atoms with Crippen LogP contribution in [0.25, 0.3) is 10.9 Å². The van der Waals surface area contributed by atoms with Gasteiger partial charge in [-0.3, -0.25) is 4.79 Å². The molecule has 0 aliphatic carbocycles. The summed E-state index contributed by atoms with van der Waals surface area (Å²) in [5.74, 6) is 0.0767. The monoisotopic (exact) mass is 364 g/mol. The summed E-state index contributed by atoms with van der Waals surface area (Å²) in [6.45, 7) is 9.55. The molecule has 1 saturated heterocycles. The number of nitrogens with one attached hydrogen (secondary N) is 2. The minimum atomic E-state index is -0.0423. The lowest BCUT2D eigenvalue weighted by molar-refractivity contribution is -0.117. The molecule has 0 saturated carbocycles. The van der Waals surface area contributed by atoms with Crippen LogP contribution in [0.3, 0.4) is 0 Å². The third-order valence-electron chi connectivity index (χ3n) is 4.97. The summed E-state index contributed by atoms with van der Waals surface area (Å²) in [6, 6.07) is 8.26. The Balaban J connectivity index is 0.00000225. The molecular formula is C19H29ClN4O. The smallest absolute Gasteiger partial charge is 0.241 e. The number of likely N-dealkylation sites (N-methyl/N-ethyl adjacent to an activating group) is 1. The number of hydrogen-bond acceptors (Lipinski definition) is 3. The molecule has 1 unspecified atom stereocenters. The van der Waals surface area contributed by atoms with E-state index in [1.807, 2.05) is 6.07 Å². The normalized spacial score (nSPS) is 17.0. The number of amides is 1. The highest BCUT2D eigenvalue weighted by molar-refractivity contribution is 5.97. The molecule has 2 heterocycles. The Morgan fingerprint density at radius 3 is 2.80 bits per heavy atom. The molecule has 1 fully saturated rings. The van der Waals surface area contributed by atoms with Crippen molar-refractivity contribution in [2.45, 2.75) is 39.3 Å². The van der Waals surface area contributed by atoms with Gasteiger partial charge in [-0.05, 0) is 56.7 Å². The van der Waals surface area contributed by atoms with Crippen LogP contribution in [-0.4, -0.2) is 47.6 Å². The van der Waals surface area contributed by atoms with Gasteiger partial charge in [-0.2, -0.15) is 0 Å². The number of halogens is 1. The van der Waals surface area contributed by atoms with E-state index in [1.165, 1.54) is 10.9 Å². The van der Waals surface area contributed by atoms with Crippen molar-refractivity contribution in [1.82, 2.24) is 14.8 Å². The fourth-order valence-electron chi connectivity index (χ4n) is 3.40. The predicted molar refractivity (Wildman–Crippen MR) is 107 cm³/mol. The van der Waals surface area contributed by atoms with E-state index in [0.29, 0.717) is 0 Å². The van der Waals surface area contributed by atoms with Crippen LogP contribution in [0, 0.1) is 0 Å². The van der Waals surface area contributed by atoms with Crippen LogP contribution in [0.15, 0.2) is 30.5 Å². The molecule has 1 aliphatic rings. The molecule has 1 aromatic heterocycles. The molecule has 0 spiro atoms. The maximum atomic E-state index is 12.2. The first kappa shape index (κ1) is 19.8. The molecule has 1 amide bonds. The van der Waals surface area contributed by atoms with Gasteiger partial charge in [0.2, 0.25) is 5.91 Å². The van der Waals surface area contributed by atoms with Crippen molar-refractivity contribution in [1.29, 1.82) is 0 Å². The number of benzene rings is 1. The summed E-state index contributed by atoms with van der Waals surface area (Å²) >= 11 is 0. The van der Waals surface area contributed by atoms with Gasteiger partial charge in [-0.15, -0.1) is 12.4 Å². The van der Waals surface area contributed by atoms with Gasteiger partial charge in [0.05, 0.1) is 6.04 Å². The molecule has 3 rings (SSSR count). The third-order valence-corrected chi connectivity index (χ3v) is 4.97. The summed E-state index contributed by atoms with van der Waals surface area (Å²) in [5, 5.41) is 7.44. The number of carbonyl (C=O) groups excluding carboxylic acids is 1. The van der Waals surface area contributed by atoms with Crippen molar-refractivity contribution in [3.05, 3.63) is 30.5 Å². The molecule has 1 aliphatic heterocycles. The van der Waals surface area contributed by atoms with Gasteiger partial charge in [0.25, 0.3) is 0 Å². The van der Waals surface area contributed by atoms with E-state index in [-0.39, 0.29) is 24.4 Å². The number of hydrogen-bond donors (Lipinski definition) is 2. The topological polar surface area (TPSA) is 49.3 Å². The molecule has 138 valence electrons. The maximum absolute atomic E-state index is 12.2. The van der Waals surface area contributed by atoms with Crippen molar-refractivity contribution < 1.29 is 4.79 Å². The quantitative estimate of drug-likeness (QED) is 0.793. The highest BCUT2D eigenvalue weighted by atomic mass is 35.5. The third kappa shape index (κ3) is 4.75. The average molecular weight is 365 g/mol. The van der Waals surface area contributed by atoms with E-state index < -0.39 is 0 Å². The van der Waals surface area contributed by atoms with Crippen molar-refractivity contribution in [2.75, 3.05) is 31.5 Å². The summed E-state index contributed by atoms with van der Waals surface area (Å²) in [4.78, 5) is 14.6. The van der Waals surface area contributed by atoms with Crippen molar-refractivity contribution in [3.63, 3.8) is 0 Å². The second kappa shape index (κ2) is 9.22. The zero-order valence-electron chi connectivity index (χ0n) is 15.1. The minimum Gasteiger partial charge on any atom is -0.346 e. The molecule has 0 radical (unpaired) electrons. The lowest BCUT2D eigenvalue weighted by Crippen LogP contribution is -2.35. The van der Waals surface area contributed by atoms with E-state index in [4.69, 9.17) is 0 Å². The summed E-state index contributed by atoms with van der Waals surface area (Å²) < 4.78 is 2.29. The molecule has 2 N–H and O–H groups in total. The fourth-order valence-corrected chi connectivity index (χ4v) is 3.40. The molecule has 1 atom stereocenters. The molecule has 25 heavy (non-hydrogen) atoms. The number of carbonyl (C=O) groups is 1. The van der Waals surface area contributed by atoms with Gasteiger partial charge in [-0.25, -0.2) is 0 Å². The van der Waals surface area contributed by atoms with Gasteiger partial charge in [0.15, 0.2) is 0 Å². The molecular weight excluding hydrogens is 336 g/mol. The second-order valence-electron chi connectivity index (χ2n) is 6.45. The highest BCUT2D eigenvalue weighted by Crippen LogP contribution is 2.21. The Hall–Kier alpha value is -1.56. The first-order valence-corrected chi connectivity index (χ1v) is 9.06. The van der Waals surface area contributed by atoms with Crippen molar-refractivity contribution in [2.24, 2.45) is 0 Å². The Labute approximate surface area is 156 Å². The summed E-state index contributed by atoms with van der Waals surface area (Å²) in [5.41, 5.74) is 2.10. The van der Waals surface area contributed by atoms with E-state index >= 15 is 0 Å². The van der Waals surface area contributed by atoms with Crippen molar-refractivity contribution in [3.8, 4) is 0 Å². The van der Waals surface area contributed by atoms with Gasteiger partial charge in [0.1, 0.15) is 0 Å². The van der Waals surface area contributed by atoms with Gasteiger partial charge < -0.3 is 20.1 Å². The molecule has 6 heteroatoms. The SMILES string of the molecule is CCN(CC)CCn1ccc2cc(NC(=O)C3CCCN3)ccc21.Cl. The first-order valence-electron chi connectivity index (χ1n) is 9.06. The molecule has 0 bridgehead atoms. The van der Waals surface area contributed by atoms with Crippen LogP contribution in [0.4, 0.5) is 5.69 Å². The zero-order chi connectivity index (χ0) is 16.9. The number of fused-ring (bicyclic) bond motifs is 1. The Bertz CT molecular complexity index is 690. The van der Waals surface area contributed by atoms with E-state index in [0.717, 1.165) is 51.3 Å². The molecule has 2 aromatic rings. The number of aromatic nitrogens is 1. The van der Waals surface area contributed by atoms with Gasteiger partial charge >= 0.3 is 0 Å². The van der Waals surface area contributed by atoms with Crippen LogP contribution >= 0.6 is 12.4 Å². The van der Waals surface area contributed by atoms with Gasteiger partial charge in [-0.1, -0.05) is 13.8 Å². The molecule has 1 aromatic carbocycles. The van der Waals surface area contributed by atoms with Crippen LogP contribution < -0.4 is 10.6 Å². The number of anilines is 1. The lowest BCUT2D eigenvalue weighted by atomic mass is 10.2.